The molecule has 1 aromatic rings. The summed E-state index contributed by atoms with van der Waals surface area (Å²) in [6, 6.07) is 0.421. The number of nitrogens with zero attached hydrogens (tertiary/aromatic N) is 1. The number of nitrogens with one attached hydrogen (secondary N) is 1. The standard InChI is InChI=1S/C10H18N2S/c1-5-12-9(10(2,3)4)8-6-11-7-13-8/h6-7,9,12H,5H2,1-4H3. The summed E-state index contributed by atoms with van der Waals surface area (Å²) in [5, 5.41) is 3.50. The van der Waals surface area contributed by atoms with Crippen LogP contribution in [0.4, 0.5) is 0 Å². The van der Waals surface area contributed by atoms with E-state index < -0.39 is 0 Å². The quantitative estimate of drug-likeness (QED) is 0.808. The Hall–Kier alpha value is -0.410. The molecule has 1 heterocycles. The van der Waals surface area contributed by atoms with Crippen molar-refractivity contribution in [3.05, 3.63) is 16.6 Å². The van der Waals surface area contributed by atoms with Gasteiger partial charge in [-0.3, -0.25) is 4.98 Å². The van der Waals surface area contributed by atoms with E-state index in [0.717, 1.165) is 6.54 Å². The fourth-order valence-corrected chi connectivity index (χ4v) is 2.34. The third-order valence-corrected chi connectivity index (χ3v) is 2.85. The first-order valence-corrected chi connectivity index (χ1v) is 5.55. The minimum atomic E-state index is 0.253. The summed E-state index contributed by atoms with van der Waals surface area (Å²) >= 11 is 1.72. The molecule has 0 fully saturated rings. The molecule has 1 atom stereocenters. The summed E-state index contributed by atoms with van der Waals surface area (Å²) in [4.78, 5) is 5.45. The van der Waals surface area contributed by atoms with Gasteiger partial charge in [0.1, 0.15) is 0 Å². The first-order valence-electron chi connectivity index (χ1n) is 4.67. The van der Waals surface area contributed by atoms with Crippen LogP contribution >= 0.6 is 11.3 Å². The number of hydrogen-bond acceptors (Lipinski definition) is 3. The summed E-state index contributed by atoms with van der Waals surface area (Å²) in [5.74, 6) is 0. The van der Waals surface area contributed by atoms with Gasteiger partial charge in [0.15, 0.2) is 0 Å². The van der Waals surface area contributed by atoms with Gasteiger partial charge in [-0.25, -0.2) is 0 Å². The number of thiazole rings is 1. The maximum atomic E-state index is 4.12. The lowest BCUT2D eigenvalue weighted by Gasteiger charge is -2.30. The van der Waals surface area contributed by atoms with Gasteiger partial charge in [-0.2, -0.15) is 0 Å². The molecule has 0 amide bonds. The second-order valence-corrected chi connectivity index (χ2v) is 5.18. The van der Waals surface area contributed by atoms with Gasteiger partial charge < -0.3 is 5.32 Å². The van der Waals surface area contributed by atoms with Crippen LogP contribution < -0.4 is 5.32 Å². The Labute approximate surface area is 84.4 Å². The molecule has 0 aliphatic heterocycles. The molecule has 0 aromatic carbocycles. The van der Waals surface area contributed by atoms with Crippen molar-refractivity contribution in [2.75, 3.05) is 6.54 Å². The average Bonchev–Trinajstić information content (AvgIpc) is 2.49. The van der Waals surface area contributed by atoms with E-state index in [1.54, 1.807) is 11.3 Å². The van der Waals surface area contributed by atoms with Crippen LogP contribution in [-0.4, -0.2) is 11.5 Å². The van der Waals surface area contributed by atoms with Crippen molar-refractivity contribution in [2.45, 2.75) is 33.7 Å². The second-order valence-electron chi connectivity index (χ2n) is 4.26. The van der Waals surface area contributed by atoms with Gasteiger partial charge >= 0.3 is 0 Å². The Morgan fingerprint density at radius 2 is 2.23 bits per heavy atom. The molecule has 0 saturated carbocycles. The lowest BCUT2D eigenvalue weighted by Crippen LogP contribution is -2.31. The molecule has 3 heteroatoms. The van der Waals surface area contributed by atoms with Crippen molar-refractivity contribution in [1.29, 1.82) is 0 Å². The molecule has 2 nitrogen and oxygen atoms in total. The molecular formula is C10H18N2S. The summed E-state index contributed by atoms with van der Waals surface area (Å²) in [5.41, 5.74) is 2.15. The molecule has 13 heavy (non-hydrogen) atoms. The predicted octanol–water partition coefficient (Wildman–Crippen LogP) is 2.84. The summed E-state index contributed by atoms with van der Waals surface area (Å²) < 4.78 is 0. The van der Waals surface area contributed by atoms with E-state index in [-0.39, 0.29) is 5.41 Å². The van der Waals surface area contributed by atoms with E-state index in [9.17, 15) is 0 Å². The molecule has 0 aliphatic rings. The van der Waals surface area contributed by atoms with Crippen molar-refractivity contribution >= 4 is 11.3 Å². The van der Waals surface area contributed by atoms with E-state index in [2.05, 4.69) is 38.0 Å². The van der Waals surface area contributed by atoms with Crippen molar-refractivity contribution in [2.24, 2.45) is 5.41 Å². The fourth-order valence-electron chi connectivity index (χ4n) is 1.41. The number of rotatable bonds is 3. The fraction of sp³-hybridized carbons (Fsp3) is 0.700. The Morgan fingerprint density at radius 1 is 1.54 bits per heavy atom. The van der Waals surface area contributed by atoms with E-state index in [1.807, 2.05) is 11.7 Å². The molecular weight excluding hydrogens is 180 g/mol. The van der Waals surface area contributed by atoms with Gasteiger partial charge in [0.2, 0.25) is 0 Å². The monoisotopic (exact) mass is 198 g/mol. The summed E-state index contributed by atoms with van der Waals surface area (Å²) in [6.07, 6.45) is 1.96. The van der Waals surface area contributed by atoms with Crippen molar-refractivity contribution in [1.82, 2.24) is 10.3 Å². The van der Waals surface area contributed by atoms with Gasteiger partial charge in [-0.05, 0) is 12.0 Å². The van der Waals surface area contributed by atoms with E-state index in [0.29, 0.717) is 6.04 Å². The highest BCUT2D eigenvalue weighted by Crippen LogP contribution is 2.34. The molecule has 0 bridgehead atoms. The van der Waals surface area contributed by atoms with Gasteiger partial charge in [0.05, 0.1) is 5.51 Å². The summed E-state index contributed by atoms with van der Waals surface area (Å²) in [6.45, 7) is 9.89. The van der Waals surface area contributed by atoms with Gasteiger partial charge in [0.25, 0.3) is 0 Å². The lowest BCUT2D eigenvalue weighted by molar-refractivity contribution is 0.280. The zero-order valence-electron chi connectivity index (χ0n) is 8.79. The highest BCUT2D eigenvalue weighted by molar-refractivity contribution is 7.09. The molecule has 0 aliphatic carbocycles. The molecule has 0 saturated heterocycles. The number of hydrogen-bond donors (Lipinski definition) is 1. The van der Waals surface area contributed by atoms with Crippen LogP contribution in [0.25, 0.3) is 0 Å². The van der Waals surface area contributed by atoms with Gasteiger partial charge in [-0.1, -0.05) is 27.7 Å². The minimum Gasteiger partial charge on any atom is -0.309 e. The van der Waals surface area contributed by atoms with Crippen LogP contribution in [0.3, 0.4) is 0 Å². The molecule has 1 rings (SSSR count). The smallest absolute Gasteiger partial charge is 0.0794 e. The molecule has 0 spiro atoms. The zero-order chi connectivity index (χ0) is 9.90. The topological polar surface area (TPSA) is 24.9 Å². The van der Waals surface area contributed by atoms with E-state index in [4.69, 9.17) is 0 Å². The van der Waals surface area contributed by atoms with Crippen molar-refractivity contribution in [3.63, 3.8) is 0 Å². The van der Waals surface area contributed by atoms with Crippen LogP contribution in [0, 0.1) is 5.41 Å². The maximum absolute atomic E-state index is 4.12. The molecule has 1 aromatic heterocycles. The highest BCUT2D eigenvalue weighted by Gasteiger charge is 2.26. The third kappa shape index (κ3) is 2.78. The Kier molecular flexibility index (Phi) is 3.45. The van der Waals surface area contributed by atoms with E-state index >= 15 is 0 Å². The van der Waals surface area contributed by atoms with Crippen LogP contribution in [0.2, 0.25) is 0 Å². The maximum Gasteiger partial charge on any atom is 0.0794 e. The molecule has 74 valence electrons. The first kappa shape index (κ1) is 10.7. The number of aromatic nitrogens is 1. The van der Waals surface area contributed by atoms with Crippen LogP contribution in [-0.2, 0) is 0 Å². The van der Waals surface area contributed by atoms with E-state index in [1.165, 1.54) is 4.88 Å². The molecule has 0 radical (unpaired) electrons. The average molecular weight is 198 g/mol. The lowest BCUT2D eigenvalue weighted by atomic mass is 9.86. The Balaban J connectivity index is 2.81. The van der Waals surface area contributed by atoms with Crippen molar-refractivity contribution < 1.29 is 0 Å². The van der Waals surface area contributed by atoms with Crippen molar-refractivity contribution in [3.8, 4) is 0 Å². The largest absolute Gasteiger partial charge is 0.309 e. The Bertz CT molecular complexity index is 236. The first-order chi connectivity index (χ1) is 6.05. The summed E-state index contributed by atoms with van der Waals surface area (Å²) in [7, 11) is 0. The van der Waals surface area contributed by atoms with Gasteiger partial charge in [-0.15, -0.1) is 11.3 Å². The molecule has 1 N–H and O–H groups in total. The minimum absolute atomic E-state index is 0.253. The van der Waals surface area contributed by atoms with Crippen LogP contribution in [0.15, 0.2) is 11.7 Å². The predicted molar refractivity (Wildman–Crippen MR) is 58.0 cm³/mol. The SMILES string of the molecule is CCNC(c1cncs1)C(C)(C)C. The van der Waals surface area contributed by atoms with Gasteiger partial charge in [0, 0.05) is 17.1 Å². The molecule has 1 unspecified atom stereocenters. The zero-order valence-corrected chi connectivity index (χ0v) is 9.61. The second kappa shape index (κ2) is 4.20. The Morgan fingerprint density at radius 3 is 2.62 bits per heavy atom. The van der Waals surface area contributed by atoms with Crippen LogP contribution in [0.5, 0.6) is 0 Å². The normalized spacial score (nSPS) is 14.5. The highest BCUT2D eigenvalue weighted by atomic mass is 32.1. The third-order valence-electron chi connectivity index (χ3n) is 2.01. The van der Waals surface area contributed by atoms with Crippen LogP contribution in [0.1, 0.15) is 38.6 Å².